The Morgan fingerprint density at radius 2 is 1.84 bits per heavy atom. The standard InChI is InChI=1S/C18H21N3O4/c1-18(2,3)12-7-6-8-13(11-12)25-16-14(19-9-10-20-16)15(21-24-5)17(22)23-4/h6-11H,1-5H3. The number of nitrogens with zero attached hydrogens (tertiary/aromatic N) is 3. The Morgan fingerprint density at radius 3 is 2.48 bits per heavy atom. The maximum absolute atomic E-state index is 11.9. The molecule has 25 heavy (non-hydrogen) atoms. The van der Waals surface area contributed by atoms with E-state index in [1.165, 1.54) is 26.6 Å². The van der Waals surface area contributed by atoms with Crippen LogP contribution >= 0.6 is 0 Å². The minimum absolute atomic E-state index is 0.0285. The predicted molar refractivity (Wildman–Crippen MR) is 92.8 cm³/mol. The first-order chi connectivity index (χ1) is 11.9. The van der Waals surface area contributed by atoms with E-state index >= 15 is 0 Å². The van der Waals surface area contributed by atoms with Crippen LogP contribution in [0.3, 0.4) is 0 Å². The molecule has 0 spiro atoms. The smallest absolute Gasteiger partial charge is 0.362 e. The summed E-state index contributed by atoms with van der Waals surface area (Å²) in [5.74, 6) is 0.0150. The molecule has 0 bridgehead atoms. The SMILES string of the molecule is CON=C(C(=O)OC)c1nccnc1Oc1cccc(C(C)(C)C)c1. The van der Waals surface area contributed by atoms with Crippen molar-refractivity contribution in [2.75, 3.05) is 14.2 Å². The second kappa shape index (κ2) is 7.74. The van der Waals surface area contributed by atoms with Crippen molar-refractivity contribution in [2.45, 2.75) is 26.2 Å². The van der Waals surface area contributed by atoms with Gasteiger partial charge in [0, 0.05) is 12.4 Å². The molecule has 7 heteroatoms. The molecule has 0 unspecified atom stereocenters. The lowest BCUT2D eigenvalue weighted by Crippen LogP contribution is -2.20. The number of carbonyl (C=O) groups is 1. The second-order valence-electron chi connectivity index (χ2n) is 6.20. The highest BCUT2D eigenvalue weighted by Gasteiger charge is 2.23. The van der Waals surface area contributed by atoms with E-state index in [1.54, 1.807) is 6.07 Å². The molecule has 1 aromatic carbocycles. The number of hydrogen-bond donors (Lipinski definition) is 0. The van der Waals surface area contributed by atoms with E-state index in [0.29, 0.717) is 5.75 Å². The first-order valence-corrected chi connectivity index (χ1v) is 7.66. The Hall–Kier alpha value is -2.96. The van der Waals surface area contributed by atoms with E-state index in [-0.39, 0.29) is 22.7 Å². The summed E-state index contributed by atoms with van der Waals surface area (Å²) in [6.45, 7) is 6.33. The van der Waals surface area contributed by atoms with Crippen molar-refractivity contribution in [3.8, 4) is 11.6 Å². The molecule has 0 saturated carbocycles. The van der Waals surface area contributed by atoms with Crippen LogP contribution in [0, 0.1) is 0 Å². The second-order valence-corrected chi connectivity index (χ2v) is 6.20. The van der Waals surface area contributed by atoms with Crippen LogP contribution in [0.4, 0.5) is 0 Å². The monoisotopic (exact) mass is 343 g/mol. The van der Waals surface area contributed by atoms with Gasteiger partial charge in [0.1, 0.15) is 12.9 Å². The summed E-state index contributed by atoms with van der Waals surface area (Å²) in [7, 11) is 2.57. The van der Waals surface area contributed by atoms with Crippen molar-refractivity contribution in [3.05, 3.63) is 47.9 Å². The number of aromatic nitrogens is 2. The van der Waals surface area contributed by atoms with Crippen LogP contribution in [-0.2, 0) is 19.8 Å². The number of methoxy groups -OCH3 is 1. The minimum Gasteiger partial charge on any atom is -0.464 e. The third-order valence-corrected chi connectivity index (χ3v) is 3.36. The lowest BCUT2D eigenvalue weighted by atomic mass is 9.87. The molecule has 0 N–H and O–H groups in total. The molecule has 0 aliphatic heterocycles. The van der Waals surface area contributed by atoms with Gasteiger partial charge in [-0.25, -0.2) is 14.8 Å². The largest absolute Gasteiger partial charge is 0.464 e. The zero-order chi connectivity index (χ0) is 18.4. The van der Waals surface area contributed by atoms with Gasteiger partial charge in [0.2, 0.25) is 11.6 Å². The number of ether oxygens (including phenoxy) is 2. The fourth-order valence-electron chi connectivity index (χ4n) is 2.07. The Kier molecular flexibility index (Phi) is 5.69. The van der Waals surface area contributed by atoms with E-state index in [2.05, 4.69) is 35.9 Å². The zero-order valence-corrected chi connectivity index (χ0v) is 14.9. The van der Waals surface area contributed by atoms with E-state index in [0.717, 1.165) is 5.56 Å². The van der Waals surface area contributed by atoms with Crippen molar-refractivity contribution < 1.29 is 19.1 Å². The Labute approximate surface area is 146 Å². The average molecular weight is 343 g/mol. The molecule has 132 valence electrons. The summed E-state index contributed by atoms with van der Waals surface area (Å²) in [6.07, 6.45) is 2.90. The third-order valence-electron chi connectivity index (χ3n) is 3.36. The van der Waals surface area contributed by atoms with Gasteiger partial charge in [-0.3, -0.25) is 0 Å². The fourth-order valence-corrected chi connectivity index (χ4v) is 2.07. The van der Waals surface area contributed by atoms with Gasteiger partial charge in [-0.1, -0.05) is 38.1 Å². The summed E-state index contributed by atoms with van der Waals surface area (Å²) < 4.78 is 10.6. The summed E-state index contributed by atoms with van der Waals surface area (Å²) in [4.78, 5) is 24.9. The van der Waals surface area contributed by atoms with Crippen LogP contribution in [0.25, 0.3) is 0 Å². The number of oxime groups is 1. The summed E-state index contributed by atoms with van der Waals surface area (Å²) in [6, 6.07) is 7.65. The van der Waals surface area contributed by atoms with Crippen LogP contribution in [0.5, 0.6) is 11.6 Å². The molecule has 0 saturated heterocycles. The minimum atomic E-state index is -0.698. The molecule has 0 atom stereocenters. The highest BCUT2D eigenvalue weighted by molar-refractivity contribution is 6.43. The van der Waals surface area contributed by atoms with Gasteiger partial charge >= 0.3 is 5.97 Å². The number of carbonyl (C=O) groups excluding carboxylic acids is 1. The maximum Gasteiger partial charge on any atom is 0.362 e. The molecule has 0 radical (unpaired) electrons. The van der Waals surface area contributed by atoms with Crippen LogP contribution in [-0.4, -0.2) is 35.9 Å². The molecular weight excluding hydrogens is 322 g/mol. The van der Waals surface area contributed by atoms with Gasteiger partial charge in [-0.15, -0.1) is 0 Å². The van der Waals surface area contributed by atoms with E-state index in [9.17, 15) is 4.79 Å². The Balaban J connectivity index is 2.42. The van der Waals surface area contributed by atoms with E-state index < -0.39 is 5.97 Å². The molecule has 1 heterocycles. The van der Waals surface area contributed by atoms with Crippen LogP contribution < -0.4 is 4.74 Å². The molecule has 0 aliphatic rings. The van der Waals surface area contributed by atoms with E-state index in [4.69, 9.17) is 14.3 Å². The number of benzene rings is 1. The molecule has 0 amide bonds. The topological polar surface area (TPSA) is 82.9 Å². The van der Waals surface area contributed by atoms with Crippen molar-refractivity contribution in [3.63, 3.8) is 0 Å². The zero-order valence-electron chi connectivity index (χ0n) is 14.9. The molecule has 7 nitrogen and oxygen atoms in total. The van der Waals surface area contributed by atoms with Crippen molar-refractivity contribution >= 4 is 11.7 Å². The van der Waals surface area contributed by atoms with Crippen LogP contribution in [0.15, 0.2) is 41.8 Å². The number of hydrogen-bond acceptors (Lipinski definition) is 7. The Morgan fingerprint density at radius 1 is 1.12 bits per heavy atom. The Bertz CT molecular complexity index is 782. The lowest BCUT2D eigenvalue weighted by Gasteiger charge is -2.19. The van der Waals surface area contributed by atoms with Crippen molar-refractivity contribution in [1.29, 1.82) is 0 Å². The summed E-state index contributed by atoms with van der Waals surface area (Å²) >= 11 is 0. The maximum atomic E-state index is 11.9. The van der Waals surface area contributed by atoms with Gasteiger partial charge in [0.05, 0.1) is 7.11 Å². The molecule has 2 rings (SSSR count). The first-order valence-electron chi connectivity index (χ1n) is 7.66. The first kappa shape index (κ1) is 18.4. The third kappa shape index (κ3) is 4.53. The quantitative estimate of drug-likeness (QED) is 0.471. The van der Waals surface area contributed by atoms with Gasteiger partial charge in [0.15, 0.2) is 5.69 Å². The van der Waals surface area contributed by atoms with Gasteiger partial charge in [-0.2, -0.15) is 0 Å². The highest BCUT2D eigenvalue weighted by atomic mass is 16.6. The molecule has 0 aliphatic carbocycles. The molecular formula is C18H21N3O4. The fraction of sp³-hybridized carbons (Fsp3) is 0.333. The molecule has 0 fully saturated rings. The van der Waals surface area contributed by atoms with Crippen molar-refractivity contribution in [1.82, 2.24) is 9.97 Å². The number of esters is 1. The number of rotatable bonds is 5. The van der Waals surface area contributed by atoms with Gasteiger partial charge in [-0.05, 0) is 23.1 Å². The highest BCUT2D eigenvalue weighted by Crippen LogP contribution is 2.28. The summed E-state index contributed by atoms with van der Waals surface area (Å²) in [5.41, 5.74) is 1.09. The molecule has 2 aromatic rings. The van der Waals surface area contributed by atoms with Crippen LogP contribution in [0.2, 0.25) is 0 Å². The normalized spacial score (nSPS) is 11.8. The van der Waals surface area contributed by atoms with Gasteiger partial charge in [0.25, 0.3) is 0 Å². The van der Waals surface area contributed by atoms with Crippen LogP contribution in [0.1, 0.15) is 32.0 Å². The van der Waals surface area contributed by atoms with E-state index in [1.807, 2.05) is 18.2 Å². The molecule has 1 aromatic heterocycles. The average Bonchev–Trinajstić information content (AvgIpc) is 2.59. The predicted octanol–water partition coefficient (Wildman–Crippen LogP) is 3.09. The van der Waals surface area contributed by atoms with Crippen molar-refractivity contribution in [2.24, 2.45) is 5.16 Å². The lowest BCUT2D eigenvalue weighted by molar-refractivity contribution is -0.132. The summed E-state index contributed by atoms with van der Waals surface area (Å²) in [5, 5.41) is 3.68. The van der Waals surface area contributed by atoms with Gasteiger partial charge < -0.3 is 14.3 Å².